The second-order valence-corrected chi connectivity index (χ2v) is 7.81. The molecule has 0 spiro atoms. The molecule has 0 unspecified atom stereocenters. The highest BCUT2D eigenvalue weighted by Gasteiger charge is 2.28. The molecule has 0 N–H and O–H groups in total. The van der Waals surface area contributed by atoms with Crippen LogP contribution in [-0.2, 0) is 11.1 Å². The first-order valence-corrected chi connectivity index (χ1v) is 9.02. The third kappa shape index (κ3) is 5.98. The van der Waals surface area contributed by atoms with Crippen molar-refractivity contribution >= 4 is 24.4 Å². The van der Waals surface area contributed by atoms with Crippen molar-refractivity contribution in [2.24, 2.45) is 5.11 Å². The summed E-state index contributed by atoms with van der Waals surface area (Å²) in [6.45, 7) is 3.63. The van der Waals surface area contributed by atoms with E-state index in [4.69, 9.17) is 10.3 Å². The molecule has 1 aliphatic heterocycles. The summed E-state index contributed by atoms with van der Waals surface area (Å²) in [5.74, 6) is 0. The molecule has 2 rings (SSSR count). The predicted molar refractivity (Wildman–Crippen MR) is 103 cm³/mol. The van der Waals surface area contributed by atoms with Gasteiger partial charge in [0, 0.05) is 42.5 Å². The van der Waals surface area contributed by atoms with Crippen LogP contribution in [0.3, 0.4) is 0 Å². The molecule has 1 amide bonds. The maximum absolute atomic E-state index is 13.0. The first-order valence-electron chi connectivity index (χ1n) is 9.02. The fraction of sp³-hybridized carbons (Fsp3) is 0.588. The zero-order valence-electron chi connectivity index (χ0n) is 16.5. The van der Waals surface area contributed by atoms with Crippen LogP contribution in [0.2, 0.25) is 0 Å². The number of halogens is 3. The summed E-state index contributed by atoms with van der Waals surface area (Å²) in [4.78, 5) is 18.4. The van der Waals surface area contributed by atoms with Gasteiger partial charge >= 0.3 is 13.1 Å². The molecule has 11 heteroatoms. The molecule has 7 nitrogen and oxygen atoms in total. The summed E-state index contributed by atoms with van der Waals surface area (Å²) in [5.41, 5.74) is 9.41. The van der Waals surface area contributed by atoms with E-state index < -0.39 is 25.0 Å². The van der Waals surface area contributed by atoms with Crippen LogP contribution in [0.25, 0.3) is 10.4 Å². The predicted octanol–water partition coefficient (Wildman–Crippen LogP) is 4.92. The molecule has 0 aliphatic carbocycles. The average Bonchev–Trinajstić information content (AvgIpc) is 2.55. The molecule has 1 aliphatic rings. The number of hydrogen-bond acceptors (Lipinski definition) is 4. The number of amides is 1. The van der Waals surface area contributed by atoms with Crippen LogP contribution in [0.5, 0.6) is 0 Å². The Labute approximate surface area is 162 Å². The van der Waals surface area contributed by atoms with Gasteiger partial charge in [-0.2, -0.15) is 0 Å². The minimum Gasteiger partial charge on any atom is -0.449 e. The third-order valence-electron chi connectivity index (χ3n) is 4.36. The largest absolute Gasteiger partial charge is 0.482 e. The van der Waals surface area contributed by atoms with Crippen LogP contribution in [0.15, 0.2) is 17.2 Å². The first kappa shape index (κ1) is 21.8. The lowest BCUT2D eigenvalue weighted by Gasteiger charge is -2.38. The Hall–Kier alpha value is -2.55. The molecular formula is C17H24BF3N5O2-. The SMILES string of the molecule is Cc1c(C[B-](F)(F)F)cc(N=[N+]=[N-])cc1N1CCN(C(=O)OC(C)(C)C)CC1. The highest BCUT2D eigenvalue weighted by molar-refractivity contribution is 6.57. The lowest BCUT2D eigenvalue weighted by molar-refractivity contribution is 0.0240. The standard InChI is InChI=1S/C17H24BF3N5O2/c1-12-13(11-18(19,20)21)9-14(23-24-22)10-15(12)25-5-7-26(8-6-25)16(27)28-17(2,3)4/h9-10H,5-8,11H2,1-4H3/q-1. The van der Waals surface area contributed by atoms with Gasteiger partial charge in [-0.25, -0.2) is 4.79 Å². The normalized spacial score (nSPS) is 15.2. The maximum atomic E-state index is 13.0. The summed E-state index contributed by atoms with van der Waals surface area (Å²) in [5, 5.41) is 3.49. The van der Waals surface area contributed by atoms with Crippen molar-refractivity contribution in [3.63, 3.8) is 0 Å². The van der Waals surface area contributed by atoms with Crippen LogP contribution < -0.4 is 4.90 Å². The molecule has 1 saturated heterocycles. The lowest BCUT2D eigenvalue weighted by Crippen LogP contribution is -2.50. The highest BCUT2D eigenvalue weighted by atomic mass is 19.4. The van der Waals surface area contributed by atoms with E-state index in [2.05, 4.69) is 10.0 Å². The van der Waals surface area contributed by atoms with Crippen LogP contribution in [0.4, 0.5) is 29.1 Å². The molecule has 154 valence electrons. The van der Waals surface area contributed by atoms with Crippen molar-refractivity contribution in [3.05, 3.63) is 33.7 Å². The van der Waals surface area contributed by atoms with E-state index in [0.717, 1.165) is 0 Å². The van der Waals surface area contributed by atoms with Crippen molar-refractivity contribution in [1.29, 1.82) is 0 Å². The second kappa shape index (κ2) is 8.22. The smallest absolute Gasteiger partial charge is 0.449 e. The summed E-state index contributed by atoms with van der Waals surface area (Å²) in [7, 11) is 0. The molecule has 28 heavy (non-hydrogen) atoms. The number of nitrogens with zero attached hydrogens (tertiary/aromatic N) is 5. The fourth-order valence-electron chi connectivity index (χ4n) is 3.10. The summed E-state index contributed by atoms with van der Waals surface area (Å²) < 4.78 is 44.3. The van der Waals surface area contributed by atoms with E-state index in [-0.39, 0.29) is 11.3 Å². The Balaban J connectivity index is 2.21. The first-order chi connectivity index (χ1) is 12.9. The van der Waals surface area contributed by atoms with Gasteiger partial charge in [0.1, 0.15) is 5.60 Å². The number of anilines is 1. The number of benzene rings is 1. The molecule has 1 fully saturated rings. The van der Waals surface area contributed by atoms with Gasteiger partial charge in [-0.15, -0.1) is 0 Å². The number of piperazine rings is 1. The van der Waals surface area contributed by atoms with Crippen molar-refractivity contribution < 1.29 is 22.5 Å². The van der Waals surface area contributed by atoms with E-state index in [0.29, 0.717) is 37.4 Å². The Morgan fingerprint density at radius 1 is 1.25 bits per heavy atom. The van der Waals surface area contributed by atoms with Gasteiger partial charge in [-0.3, -0.25) is 0 Å². The molecule has 0 aromatic heterocycles. The molecule has 1 heterocycles. The van der Waals surface area contributed by atoms with Gasteiger partial charge in [0.05, 0.1) is 0 Å². The quantitative estimate of drug-likeness (QED) is 0.312. The molecule has 1 aromatic carbocycles. The van der Waals surface area contributed by atoms with Gasteiger partial charge in [0.25, 0.3) is 0 Å². The lowest BCUT2D eigenvalue weighted by atomic mass is 9.80. The minimum atomic E-state index is -5.02. The van der Waals surface area contributed by atoms with Crippen molar-refractivity contribution in [1.82, 2.24) is 4.90 Å². The van der Waals surface area contributed by atoms with Gasteiger partial charge < -0.3 is 27.5 Å². The average molecular weight is 398 g/mol. The van der Waals surface area contributed by atoms with Crippen molar-refractivity contribution in [2.45, 2.75) is 39.6 Å². The monoisotopic (exact) mass is 398 g/mol. The molecule has 0 atom stereocenters. The number of hydrogen-bond donors (Lipinski definition) is 0. The minimum absolute atomic E-state index is 0.0990. The number of azide groups is 1. The van der Waals surface area contributed by atoms with E-state index in [1.807, 2.05) is 4.90 Å². The van der Waals surface area contributed by atoms with Gasteiger partial charge in [0.2, 0.25) is 0 Å². The molecular weight excluding hydrogens is 374 g/mol. The van der Waals surface area contributed by atoms with Crippen LogP contribution in [0.1, 0.15) is 31.9 Å². The zero-order valence-corrected chi connectivity index (χ0v) is 16.5. The highest BCUT2D eigenvalue weighted by Crippen LogP contribution is 2.33. The second-order valence-electron chi connectivity index (χ2n) is 7.81. The van der Waals surface area contributed by atoms with Crippen LogP contribution >= 0.6 is 0 Å². The van der Waals surface area contributed by atoms with E-state index in [9.17, 15) is 17.7 Å². The number of rotatable bonds is 4. The topological polar surface area (TPSA) is 81.5 Å². The molecule has 0 bridgehead atoms. The van der Waals surface area contributed by atoms with Gasteiger partial charge in [-0.1, -0.05) is 23.1 Å². The van der Waals surface area contributed by atoms with Crippen LogP contribution in [0, 0.1) is 6.92 Å². The third-order valence-corrected chi connectivity index (χ3v) is 4.36. The number of carbonyl (C=O) groups is 1. The zero-order chi connectivity index (χ0) is 21.1. The van der Waals surface area contributed by atoms with E-state index in [1.54, 1.807) is 38.7 Å². The Morgan fingerprint density at radius 3 is 2.36 bits per heavy atom. The number of carbonyl (C=O) groups excluding carboxylic acids is 1. The van der Waals surface area contributed by atoms with E-state index >= 15 is 0 Å². The van der Waals surface area contributed by atoms with Crippen molar-refractivity contribution in [2.75, 3.05) is 31.1 Å². The van der Waals surface area contributed by atoms with Gasteiger partial charge in [-0.05, 0) is 44.9 Å². The van der Waals surface area contributed by atoms with Crippen molar-refractivity contribution in [3.8, 4) is 0 Å². The summed E-state index contributed by atoms with van der Waals surface area (Å²) in [6, 6.07) is 2.87. The Bertz CT molecular complexity index is 780. The molecule has 1 aromatic rings. The number of ether oxygens (including phenoxy) is 1. The van der Waals surface area contributed by atoms with E-state index in [1.165, 1.54) is 6.07 Å². The Kier molecular flexibility index (Phi) is 6.39. The summed E-state index contributed by atoms with van der Waals surface area (Å²) >= 11 is 0. The van der Waals surface area contributed by atoms with Crippen LogP contribution in [-0.4, -0.2) is 49.8 Å². The maximum Gasteiger partial charge on any atom is 0.482 e. The fourth-order valence-corrected chi connectivity index (χ4v) is 3.10. The summed E-state index contributed by atoms with van der Waals surface area (Å²) in [6.07, 6.45) is -1.45. The molecule has 0 saturated carbocycles. The Morgan fingerprint density at radius 2 is 1.86 bits per heavy atom. The molecule has 0 radical (unpaired) electrons. The van der Waals surface area contributed by atoms with Gasteiger partial charge in [0.15, 0.2) is 0 Å².